The molecule has 0 spiro atoms. The molecule has 178 valence electrons. The van der Waals surface area contributed by atoms with Crippen LogP contribution in [0.2, 0.25) is 0 Å². The number of hydrogen-bond donors (Lipinski definition) is 3. The van der Waals surface area contributed by atoms with Crippen LogP contribution in [0.4, 0.5) is 24.5 Å². The Kier molecular flexibility index (Phi) is 8.77. The molecule has 2 aromatic rings. The van der Waals surface area contributed by atoms with Crippen LogP contribution in [-0.4, -0.2) is 41.2 Å². The Bertz CT molecular complexity index is 1060. The van der Waals surface area contributed by atoms with Crippen LogP contribution < -0.4 is 10.8 Å². The molecule has 9 nitrogen and oxygen atoms in total. The second-order valence-electron chi connectivity index (χ2n) is 6.84. The zero-order chi connectivity index (χ0) is 24.7. The average Bonchev–Trinajstić information content (AvgIpc) is 2.73. The van der Waals surface area contributed by atoms with E-state index in [9.17, 15) is 23.2 Å². The van der Waals surface area contributed by atoms with Gasteiger partial charge in [0.05, 0.1) is 36.7 Å². The summed E-state index contributed by atoms with van der Waals surface area (Å²) in [7, 11) is 0. The molecular weight excluding hydrogens is 447 g/mol. The van der Waals surface area contributed by atoms with Crippen LogP contribution in [0.15, 0.2) is 24.3 Å². The third-order valence-corrected chi connectivity index (χ3v) is 4.17. The van der Waals surface area contributed by atoms with E-state index in [4.69, 9.17) is 9.94 Å². The molecule has 0 bridgehead atoms. The first-order chi connectivity index (χ1) is 15.5. The fourth-order valence-electron chi connectivity index (χ4n) is 2.69. The number of carbonyl (C=O) groups is 3. The monoisotopic (exact) mass is 469 g/mol. The number of rotatable bonds is 8. The van der Waals surface area contributed by atoms with Gasteiger partial charge in [-0.2, -0.15) is 5.06 Å². The van der Waals surface area contributed by atoms with Crippen molar-refractivity contribution in [2.75, 3.05) is 18.5 Å². The summed E-state index contributed by atoms with van der Waals surface area (Å²) in [4.78, 5) is 44.9. The maximum atomic E-state index is 15.1. The molecule has 0 saturated carbocycles. The highest BCUT2D eigenvalue weighted by Gasteiger charge is 2.26. The highest BCUT2D eigenvalue weighted by atomic mass is 19.2. The van der Waals surface area contributed by atoms with Crippen molar-refractivity contribution in [3.8, 4) is 0 Å². The van der Waals surface area contributed by atoms with Gasteiger partial charge in [-0.25, -0.2) is 18.7 Å². The fraction of sp³-hybridized carbons (Fsp3) is 0.286. The molecule has 2 amide bonds. The van der Waals surface area contributed by atoms with Crippen LogP contribution >= 0.6 is 0 Å². The van der Waals surface area contributed by atoms with Gasteiger partial charge in [0.15, 0.2) is 11.6 Å². The van der Waals surface area contributed by atoms with Gasteiger partial charge in [-0.1, -0.05) is 6.07 Å². The number of aryl methyl sites for hydroxylation is 1. The molecule has 0 heterocycles. The second-order valence-corrected chi connectivity index (χ2v) is 6.84. The molecule has 0 aliphatic heterocycles. The Balaban J connectivity index is 2.55. The molecule has 0 unspecified atom stereocenters. The lowest BCUT2D eigenvalue weighted by Crippen LogP contribution is -2.31. The summed E-state index contributed by atoms with van der Waals surface area (Å²) in [6, 6.07) is 4.84. The minimum Gasteiger partial charge on any atom is -0.394 e. The molecular formula is C21H22F3N3O6. The number of halogens is 3. The zero-order valence-electron chi connectivity index (χ0n) is 18.0. The molecule has 0 aromatic heterocycles. The average molecular weight is 469 g/mol. The number of benzene rings is 2. The quantitative estimate of drug-likeness (QED) is 0.402. The van der Waals surface area contributed by atoms with E-state index in [1.54, 1.807) is 6.92 Å². The van der Waals surface area contributed by atoms with E-state index in [0.29, 0.717) is 10.6 Å². The van der Waals surface area contributed by atoms with Crippen LogP contribution in [0.5, 0.6) is 0 Å². The Labute approximate surface area is 187 Å². The number of hydroxylamine groups is 3. The molecule has 0 saturated heterocycles. The molecule has 12 heteroatoms. The highest BCUT2D eigenvalue weighted by molar-refractivity contribution is 6.00. The Morgan fingerprint density at radius 1 is 1.09 bits per heavy atom. The number of amides is 2. The van der Waals surface area contributed by atoms with Crippen LogP contribution in [-0.2, 0) is 25.8 Å². The summed E-state index contributed by atoms with van der Waals surface area (Å²) < 4.78 is 44.2. The first-order valence-corrected chi connectivity index (χ1v) is 9.58. The van der Waals surface area contributed by atoms with E-state index in [-0.39, 0.29) is 12.3 Å². The van der Waals surface area contributed by atoms with Crippen LogP contribution in [0.1, 0.15) is 35.3 Å². The number of nitrogens with one attached hydrogen (secondary N) is 2. The minimum absolute atomic E-state index is 0.234. The summed E-state index contributed by atoms with van der Waals surface area (Å²) >= 11 is 0. The number of aliphatic hydroxyl groups excluding tert-OH is 1. The second kappa shape index (κ2) is 11.3. The predicted octanol–water partition coefficient (Wildman–Crippen LogP) is 2.64. The molecule has 3 N–H and O–H groups in total. The number of aliphatic hydroxyl groups is 1. The van der Waals surface area contributed by atoms with Gasteiger partial charge in [-0.3, -0.25) is 19.2 Å². The van der Waals surface area contributed by atoms with Crippen molar-refractivity contribution in [3.05, 3.63) is 58.4 Å². The normalized spacial score (nSPS) is 10.5. The van der Waals surface area contributed by atoms with Crippen molar-refractivity contribution in [2.45, 2.75) is 27.3 Å². The number of carbonyl (C=O) groups excluding carboxylic acids is 3. The van der Waals surface area contributed by atoms with Gasteiger partial charge in [0.25, 0.3) is 11.8 Å². The first-order valence-electron chi connectivity index (χ1n) is 9.58. The lowest BCUT2D eigenvalue weighted by molar-refractivity contribution is -0.197. The van der Waals surface area contributed by atoms with Crippen molar-refractivity contribution >= 4 is 29.2 Å². The molecule has 2 rings (SSSR count). The van der Waals surface area contributed by atoms with Gasteiger partial charge >= 0.3 is 5.97 Å². The summed E-state index contributed by atoms with van der Waals surface area (Å²) in [5.41, 5.74) is 0.567. The zero-order valence-corrected chi connectivity index (χ0v) is 18.0. The summed E-state index contributed by atoms with van der Waals surface area (Å²) in [6.07, 6.45) is 0. The van der Waals surface area contributed by atoms with Crippen molar-refractivity contribution in [3.63, 3.8) is 0 Å². The maximum absolute atomic E-state index is 15.1. The number of nitrogens with zero attached hydrogens (tertiary/aromatic N) is 1. The molecule has 0 fully saturated rings. The summed E-state index contributed by atoms with van der Waals surface area (Å²) in [6.45, 7) is 2.23. The lowest BCUT2D eigenvalue weighted by atomic mass is 10.0. The molecule has 0 atom stereocenters. The van der Waals surface area contributed by atoms with Gasteiger partial charge in [-0.05, 0) is 30.7 Å². The molecule has 2 aromatic carbocycles. The van der Waals surface area contributed by atoms with Crippen LogP contribution in [0.25, 0.3) is 0 Å². The Morgan fingerprint density at radius 3 is 2.36 bits per heavy atom. The first kappa shape index (κ1) is 25.6. The molecule has 0 radical (unpaired) electrons. The van der Waals surface area contributed by atoms with E-state index < -0.39 is 65.2 Å². The Morgan fingerprint density at radius 2 is 1.79 bits per heavy atom. The van der Waals surface area contributed by atoms with E-state index in [1.165, 1.54) is 12.1 Å². The van der Waals surface area contributed by atoms with Crippen LogP contribution in [0.3, 0.4) is 0 Å². The fourth-order valence-corrected chi connectivity index (χ4v) is 2.69. The van der Waals surface area contributed by atoms with Gasteiger partial charge < -0.3 is 15.3 Å². The predicted molar refractivity (Wildman–Crippen MR) is 109 cm³/mol. The molecule has 33 heavy (non-hydrogen) atoms. The maximum Gasteiger partial charge on any atom is 0.329 e. The van der Waals surface area contributed by atoms with Gasteiger partial charge in [0, 0.05) is 19.4 Å². The summed E-state index contributed by atoms with van der Waals surface area (Å²) in [5, 5.41) is 11.6. The van der Waals surface area contributed by atoms with E-state index in [2.05, 4.69) is 10.2 Å². The van der Waals surface area contributed by atoms with Crippen molar-refractivity contribution in [1.82, 2.24) is 10.5 Å². The van der Waals surface area contributed by atoms with Crippen molar-refractivity contribution < 1.29 is 42.3 Å². The van der Waals surface area contributed by atoms with E-state index in [1.807, 2.05) is 5.48 Å². The smallest absolute Gasteiger partial charge is 0.329 e. The van der Waals surface area contributed by atoms with E-state index in [0.717, 1.165) is 26.0 Å². The van der Waals surface area contributed by atoms with Gasteiger partial charge in [0.2, 0.25) is 0 Å². The summed E-state index contributed by atoms with van der Waals surface area (Å²) in [5.74, 6) is -6.51. The topological polar surface area (TPSA) is 117 Å². The lowest BCUT2D eigenvalue weighted by Gasteiger charge is -2.21. The Hall–Kier alpha value is -3.64. The third-order valence-electron chi connectivity index (χ3n) is 4.17. The standard InChI is InChI=1S/C21H22F3N3O6/c1-11-4-5-17(16(22)8-11)25-20-15(21(31)26-32-7-6-28)9-14(18(23)19(20)24)10-27(12(2)29)33-13(3)30/h4-5,8-9,25,28H,6-7,10H2,1-3H3,(H,26,31). The van der Waals surface area contributed by atoms with Gasteiger partial charge in [-0.15, -0.1) is 0 Å². The van der Waals surface area contributed by atoms with Crippen molar-refractivity contribution in [1.29, 1.82) is 0 Å². The van der Waals surface area contributed by atoms with Crippen LogP contribution in [0, 0.1) is 24.4 Å². The van der Waals surface area contributed by atoms with Gasteiger partial charge in [0.1, 0.15) is 5.82 Å². The third kappa shape index (κ3) is 6.67. The van der Waals surface area contributed by atoms with Crippen molar-refractivity contribution in [2.24, 2.45) is 0 Å². The minimum atomic E-state index is -1.55. The highest BCUT2D eigenvalue weighted by Crippen LogP contribution is 2.31. The van der Waals surface area contributed by atoms with E-state index >= 15 is 4.39 Å². The molecule has 0 aliphatic rings. The number of hydrogen-bond acceptors (Lipinski definition) is 7. The SMILES string of the molecule is CC(=O)ON(Cc1cc(C(=O)NOCCO)c(Nc2ccc(C)cc2F)c(F)c1F)C(C)=O. The number of anilines is 2. The largest absolute Gasteiger partial charge is 0.394 e. The molecule has 0 aliphatic carbocycles.